The molecule has 2 aromatic rings. The number of hydrogen-bond acceptors (Lipinski definition) is 3. The fourth-order valence-corrected chi connectivity index (χ4v) is 2.74. The third-order valence-corrected chi connectivity index (χ3v) is 3.82. The van der Waals surface area contributed by atoms with Crippen LogP contribution in [0, 0.1) is 0 Å². The minimum Gasteiger partial charge on any atom is -0.326 e. The second kappa shape index (κ2) is 6.57. The van der Waals surface area contributed by atoms with E-state index in [9.17, 15) is 0 Å². The van der Waals surface area contributed by atoms with Crippen LogP contribution in [0.2, 0.25) is 0 Å². The van der Waals surface area contributed by atoms with Crippen LogP contribution in [-0.4, -0.2) is 34.1 Å². The molecule has 3 rings (SSSR count). The topological polar surface area (TPSA) is 33.1 Å². The molecule has 20 heavy (non-hydrogen) atoms. The van der Waals surface area contributed by atoms with Gasteiger partial charge in [-0.1, -0.05) is 18.2 Å². The second-order valence-corrected chi connectivity index (χ2v) is 5.34. The van der Waals surface area contributed by atoms with Crippen molar-refractivity contribution in [3.8, 4) is 0 Å². The van der Waals surface area contributed by atoms with Crippen molar-refractivity contribution in [2.24, 2.45) is 0 Å². The Labute approximate surface area is 120 Å². The zero-order valence-corrected chi connectivity index (χ0v) is 11.8. The summed E-state index contributed by atoms with van der Waals surface area (Å²) in [5.74, 6) is 0.928. The minimum atomic E-state index is 0.928. The molecule has 106 valence electrons. The summed E-state index contributed by atoms with van der Waals surface area (Å²) in [7, 11) is 0. The average molecular weight is 270 g/mol. The van der Waals surface area contributed by atoms with E-state index in [0.717, 1.165) is 18.2 Å². The molecule has 0 saturated carbocycles. The molecule has 4 heteroatoms. The van der Waals surface area contributed by atoms with Crippen LogP contribution in [0.1, 0.15) is 19.3 Å². The Morgan fingerprint density at radius 3 is 2.65 bits per heavy atom. The molecule has 1 aliphatic heterocycles. The minimum absolute atomic E-state index is 0.928. The van der Waals surface area contributed by atoms with Crippen LogP contribution in [0.4, 0.5) is 11.6 Å². The van der Waals surface area contributed by atoms with E-state index >= 15 is 0 Å². The monoisotopic (exact) mass is 270 g/mol. The predicted molar refractivity (Wildman–Crippen MR) is 82.2 cm³/mol. The summed E-state index contributed by atoms with van der Waals surface area (Å²) in [5, 5.41) is 3.37. The van der Waals surface area contributed by atoms with Crippen molar-refractivity contribution in [2.45, 2.75) is 25.8 Å². The molecule has 0 amide bonds. The molecule has 0 radical (unpaired) electrons. The lowest BCUT2D eigenvalue weighted by atomic mass is 10.3. The lowest BCUT2D eigenvalue weighted by molar-refractivity contribution is 0.325. The van der Waals surface area contributed by atoms with E-state index in [2.05, 4.69) is 38.1 Å². The number of anilines is 2. The number of aryl methyl sites for hydroxylation is 1. The number of nitrogens with zero attached hydrogens (tertiary/aromatic N) is 3. The van der Waals surface area contributed by atoms with Crippen molar-refractivity contribution in [1.82, 2.24) is 14.5 Å². The Hall–Kier alpha value is -1.81. The van der Waals surface area contributed by atoms with E-state index in [0.29, 0.717) is 0 Å². The van der Waals surface area contributed by atoms with E-state index in [1.54, 1.807) is 0 Å². The molecule has 4 nitrogen and oxygen atoms in total. The number of nitrogens with one attached hydrogen (secondary N) is 1. The summed E-state index contributed by atoms with van der Waals surface area (Å²) in [6.45, 7) is 4.77. The maximum atomic E-state index is 4.40. The summed E-state index contributed by atoms with van der Waals surface area (Å²) in [6.07, 6.45) is 7.83. The number of rotatable bonds is 6. The van der Waals surface area contributed by atoms with Crippen LogP contribution >= 0.6 is 0 Å². The summed E-state index contributed by atoms with van der Waals surface area (Å²) in [6, 6.07) is 10.2. The highest BCUT2D eigenvalue weighted by Gasteiger charge is 2.11. The molecule has 0 bridgehead atoms. The van der Waals surface area contributed by atoms with Gasteiger partial charge < -0.3 is 14.8 Å². The SMILES string of the molecule is c1ccc(Nc2nccn2CCCN2CCCC2)cc1. The van der Waals surface area contributed by atoms with Gasteiger partial charge in [0.2, 0.25) is 5.95 Å². The van der Waals surface area contributed by atoms with E-state index in [4.69, 9.17) is 0 Å². The third-order valence-electron chi connectivity index (χ3n) is 3.82. The standard InChI is InChI=1S/C16H22N4/c1-2-7-15(8-3-1)18-16-17-9-14-20(16)13-6-12-19-10-4-5-11-19/h1-3,7-9,14H,4-6,10-13H2,(H,17,18). The van der Waals surface area contributed by atoms with Gasteiger partial charge >= 0.3 is 0 Å². The van der Waals surface area contributed by atoms with Crippen molar-refractivity contribution < 1.29 is 0 Å². The molecule has 1 aromatic heterocycles. The molecule has 1 aromatic carbocycles. The van der Waals surface area contributed by atoms with Gasteiger partial charge in [-0.3, -0.25) is 0 Å². The van der Waals surface area contributed by atoms with Gasteiger partial charge in [0, 0.05) is 24.6 Å². The maximum Gasteiger partial charge on any atom is 0.207 e. The Kier molecular flexibility index (Phi) is 4.33. The summed E-state index contributed by atoms with van der Waals surface area (Å²) < 4.78 is 2.20. The predicted octanol–water partition coefficient (Wildman–Crippen LogP) is 3.11. The van der Waals surface area contributed by atoms with Crippen molar-refractivity contribution in [1.29, 1.82) is 0 Å². The zero-order chi connectivity index (χ0) is 13.6. The molecular weight excluding hydrogens is 248 g/mol. The normalized spacial score (nSPS) is 15.6. The number of aromatic nitrogens is 2. The Bertz CT molecular complexity index is 514. The van der Waals surface area contributed by atoms with Crippen LogP contribution in [0.5, 0.6) is 0 Å². The third kappa shape index (κ3) is 3.39. The number of benzene rings is 1. The van der Waals surface area contributed by atoms with Crippen LogP contribution < -0.4 is 5.32 Å². The maximum absolute atomic E-state index is 4.40. The lowest BCUT2D eigenvalue weighted by Crippen LogP contribution is -2.21. The fraction of sp³-hybridized carbons (Fsp3) is 0.438. The van der Waals surface area contributed by atoms with Gasteiger partial charge in [0.25, 0.3) is 0 Å². The van der Waals surface area contributed by atoms with Crippen LogP contribution in [-0.2, 0) is 6.54 Å². The van der Waals surface area contributed by atoms with Gasteiger partial charge in [-0.15, -0.1) is 0 Å². The van der Waals surface area contributed by atoms with Crippen LogP contribution in [0.25, 0.3) is 0 Å². The molecule has 0 spiro atoms. The molecule has 0 aliphatic carbocycles. The first-order valence-electron chi connectivity index (χ1n) is 7.47. The van der Waals surface area contributed by atoms with E-state index in [-0.39, 0.29) is 0 Å². The summed E-state index contributed by atoms with van der Waals surface area (Å²) in [5.41, 5.74) is 1.08. The zero-order valence-electron chi connectivity index (χ0n) is 11.8. The molecular formula is C16H22N4. The molecule has 1 saturated heterocycles. The van der Waals surface area contributed by atoms with Gasteiger partial charge in [0.15, 0.2) is 0 Å². The number of para-hydroxylation sites is 1. The van der Waals surface area contributed by atoms with Gasteiger partial charge in [0.05, 0.1) is 0 Å². The average Bonchev–Trinajstić information content (AvgIpc) is 3.13. The number of imidazole rings is 1. The fourth-order valence-electron chi connectivity index (χ4n) is 2.74. The molecule has 1 aliphatic rings. The molecule has 1 fully saturated rings. The van der Waals surface area contributed by atoms with Crippen LogP contribution in [0.3, 0.4) is 0 Å². The molecule has 0 atom stereocenters. The summed E-state index contributed by atoms with van der Waals surface area (Å²) >= 11 is 0. The smallest absolute Gasteiger partial charge is 0.207 e. The van der Waals surface area contributed by atoms with Crippen molar-refractivity contribution >= 4 is 11.6 Å². The highest BCUT2D eigenvalue weighted by molar-refractivity contribution is 5.52. The largest absolute Gasteiger partial charge is 0.326 e. The van der Waals surface area contributed by atoms with Gasteiger partial charge in [0.1, 0.15) is 0 Å². The first-order chi connectivity index (χ1) is 9.92. The Morgan fingerprint density at radius 1 is 1.05 bits per heavy atom. The van der Waals surface area contributed by atoms with Crippen molar-refractivity contribution in [3.05, 3.63) is 42.7 Å². The first-order valence-corrected chi connectivity index (χ1v) is 7.47. The molecule has 1 N–H and O–H groups in total. The summed E-state index contributed by atoms with van der Waals surface area (Å²) in [4.78, 5) is 6.96. The van der Waals surface area contributed by atoms with E-state index in [1.165, 1.54) is 38.9 Å². The molecule has 2 heterocycles. The van der Waals surface area contributed by atoms with E-state index in [1.807, 2.05) is 24.4 Å². The highest BCUT2D eigenvalue weighted by Crippen LogP contribution is 2.15. The lowest BCUT2D eigenvalue weighted by Gasteiger charge is -2.15. The second-order valence-electron chi connectivity index (χ2n) is 5.34. The molecule has 0 unspecified atom stereocenters. The Morgan fingerprint density at radius 2 is 1.85 bits per heavy atom. The van der Waals surface area contributed by atoms with Gasteiger partial charge in [-0.25, -0.2) is 4.98 Å². The van der Waals surface area contributed by atoms with Gasteiger partial charge in [-0.05, 0) is 51.0 Å². The first kappa shape index (κ1) is 13.2. The number of hydrogen-bond donors (Lipinski definition) is 1. The van der Waals surface area contributed by atoms with E-state index < -0.39 is 0 Å². The highest BCUT2D eigenvalue weighted by atomic mass is 15.2. The van der Waals surface area contributed by atoms with Gasteiger partial charge in [-0.2, -0.15) is 0 Å². The van der Waals surface area contributed by atoms with Crippen molar-refractivity contribution in [2.75, 3.05) is 25.0 Å². The van der Waals surface area contributed by atoms with Crippen molar-refractivity contribution in [3.63, 3.8) is 0 Å². The quantitative estimate of drug-likeness (QED) is 0.875. The number of likely N-dealkylation sites (tertiary alicyclic amines) is 1. The van der Waals surface area contributed by atoms with Crippen LogP contribution in [0.15, 0.2) is 42.7 Å². The Balaban J connectivity index is 1.53.